The lowest BCUT2D eigenvalue weighted by atomic mass is 10.3. The van der Waals surface area contributed by atoms with Crippen molar-refractivity contribution in [2.75, 3.05) is 0 Å². The highest BCUT2D eigenvalue weighted by molar-refractivity contribution is 9.10. The molecule has 2 aromatic rings. The Labute approximate surface area is 133 Å². The van der Waals surface area contributed by atoms with Gasteiger partial charge in [0.1, 0.15) is 5.69 Å². The molecule has 0 saturated carbocycles. The average molecular weight is 370 g/mol. The van der Waals surface area contributed by atoms with Crippen molar-refractivity contribution in [1.29, 1.82) is 0 Å². The molecule has 0 atom stereocenters. The number of carbonyl (C=O) groups is 1. The molecule has 0 unspecified atom stereocenters. The van der Waals surface area contributed by atoms with Crippen molar-refractivity contribution >= 4 is 38.5 Å². The summed E-state index contributed by atoms with van der Waals surface area (Å²) >= 11 is 4.28. The maximum absolute atomic E-state index is 12.4. The van der Waals surface area contributed by atoms with E-state index >= 15 is 0 Å². The molecule has 0 aliphatic rings. The number of hydrogen-bond donors (Lipinski definition) is 0. The minimum atomic E-state index is -0.552. The molecule has 0 fully saturated rings. The van der Waals surface area contributed by atoms with Gasteiger partial charge in [-0.2, -0.15) is 5.10 Å². The van der Waals surface area contributed by atoms with Crippen molar-refractivity contribution in [2.45, 2.75) is 25.3 Å². The molecule has 0 N–H and O–H groups in total. The zero-order chi connectivity index (χ0) is 15.6. The fraction of sp³-hybridized carbons (Fsp3) is 0.231. The topological polar surface area (TPSA) is 78.0 Å². The molecule has 6 nitrogen and oxygen atoms in total. The molecule has 2 rings (SSSR count). The van der Waals surface area contributed by atoms with Crippen molar-refractivity contribution in [3.8, 4) is 0 Å². The Hall–Kier alpha value is -1.67. The highest BCUT2D eigenvalue weighted by atomic mass is 79.9. The lowest BCUT2D eigenvalue weighted by molar-refractivity contribution is -0.385. The third kappa shape index (κ3) is 3.33. The third-order valence-corrected chi connectivity index (χ3v) is 4.14. The number of aryl methyl sites for hydroxylation is 2. The lowest BCUT2D eigenvalue weighted by Gasteiger charge is -2.03. The predicted octanol–water partition coefficient (Wildman–Crippen LogP) is 3.81. The summed E-state index contributed by atoms with van der Waals surface area (Å²) in [5.41, 5.74) is 0.0642. The highest BCUT2D eigenvalue weighted by Gasteiger charge is 2.30. The largest absolute Gasteiger partial charge is 0.321 e. The van der Waals surface area contributed by atoms with Crippen LogP contribution in [0, 0.1) is 17.0 Å². The van der Waals surface area contributed by atoms with Crippen LogP contribution in [-0.2, 0) is 6.54 Å². The second-order valence-electron chi connectivity index (χ2n) is 4.20. The molecule has 0 spiro atoms. The molecule has 0 saturated heterocycles. The van der Waals surface area contributed by atoms with Crippen LogP contribution >= 0.6 is 27.7 Å². The Balaban J connectivity index is 2.41. The van der Waals surface area contributed by atoms with Gasteiger partial charge in [0.05, 0.1) is 4.92 Å². The molecule has 1 aromatic carbocycles. The SMILES string of the molecule is CCn1nc(C)c([N+](=O)[O-])c1C(=O)Sc1cccc(Br)c1. The smallest absolute Gasteiger partial charge is 0.279 e. The second kappa shape index (κ2) is 6.40. The number of aromatic nitrogens is 2. The fourth-order valence-corrected chi connectivity index (χ4v) is 3.30. The van der Waals surface area contributed by atoms with Gasteiger partial charge in [0, 0.05) is 15.9 Å². The Bertz CT molecular complexity index is 715. The van der Waals surface area contributed by atoms with E-state index in [-0.39, 0.29) is 22.2 Å². The van der Waals surface area contributed by atoms with Crippen LogP contribution in [0.4, 0.5) is 5.69 Å². The second-order valence-corrected chi connectivity index (χ2v) is 6.16. The van der Waals surface area contributed by atoms with Crippen molar-refractivity contribution in [3.63, 3.8) is 0 Å². The maximum Gasteiger partial charge on any atom is 0.321 e. The van der Waals surface area contributed by atoms with Crippen LogP contribution in [0.2, 0.25) is 0 Å². The van der Waals surface area contributed by atoms with Crippen molar-refractivity contribution in [2.24, 2.45) is 0 Å². The van der Waals surface area contributed by atoms with E-state index in [1.54, 1.807) is 25.1 Å². The summed E-state index contributed by atoms with van der Waals surface area (Å²) in [5, 5.41) is 14.8. The van der Waals surface area contributed by atoms with E-state index in [1.807, 2.05) is 6.07 Å². The predicted molar refractivity (Wildman–Crippen MR) is 83.6 cm³/mol. The first-order valence-corrected chi connectivity index (χ1v) is 7.74. The van der Waals surface area contributed by atoms with Crippen LogP contribution < -0.4 is 0 Å². The van der Waals surface area contributed by atoms with Crippen molar-refractivity contribution in [3.05, 3.63) is 50.2 Å². The summed E-state index contributed by atoms with van der Waals surface area (Å²) < 4.78 is 2.22. The van der Waals surface area contributed by atoms with Gasteiger partial charge in [0.15, 0.2) is 5.69 Å². The van der Waals surface area contributed by atoms with Gasteiger partial charge in [0.25, 0.3) is 0 Å². The monoisotopic (exact) mass is 369 g/mol. The molecule has 110 valence electrons. The minimum Gasteiger partial charge on any atom is -0.279 e. The first-order valence-electron chi connectivity index (χ1n) is 6.13. The molecule has 0 amide bonds. The van der Waals surface area contributed by atoms with E-state index in [0.29, 0.717) is 11.4 Å². The van der Waals surface area contributed by atoms with Gasteiger partial charge in [-0.1, -0.05) is 22.0 Å². The van der Waals surface area contributed by atoms with Gasteiger partial charge in [-0.15, -0.1) is 0 Å². The normalized spacial score (nSPS) is 10.6. The number of nitro groups is 1. The number of hydrogen-bond acceptors (Lipinski definition) is 5. The standard InChI is InChI=1S/C13H12BrN3O3S/c1-3-16-12(11(17(19)20)8(2)15-16)13(18)21-10-6-4-5-9(14)7-10/h4-7H,3H2,1-2H3. The first-order chi connectivity index (χ1) is 9.93. The number of nitrogens with zero attached hydrogens (tertiary/aromatic N) is 3. The molecule has 1 heterocycles. The van der Waals surface area contributed by atoms with Gasteiger partial charge in [0.2, 0.25) is 5.12 Å². The van der Waals surface area contributed by atoms with E-state index < -0.39 is 4.92 Å². The van der Waals surface area contributed by atoms with E-state index in [1.165, 1.54) is 11.6 Å². The van der Waals surface area contributed by atoms with Crippen LogP contribution in [0.15, 0.2) is 33.6 Å². The Morgan fingerprint density at radius 3 is 2.81 bits per heavy atom. The molecular weight excluding hydrogens is 358 g/mol. The quantitative estimate of drug-likeness (QED) is 0.465. The fourth-order valence-electron chi connectivity index (χ4n) is 1.91. The molecule has 1 aromatic heterocycles. The van der Waals surface area contributed by atoms with Crippen LogP contribution in [0.3, 0.4) is 0 Å². The number of rotatable bonds is 4. The van der Waals surface area contributed by atoms with Crippen molar-refractivity contribution in [1.82, 2.24) is 9.78 Å². The molecule has 0 radical (unpaired) electrons. The Morgan fingerprint density at radius 1 is 1.52 bits per heavy atom. The van der Waals surface area contributed by atoms with Crippen LogP contribution in [0.1, 0.15) is 23.1 Å². The molecule has 0 aliphatic carbocycles. The lowest BCUT2D eigenvalue weighted by Crippen LogP contribution is -2.08. The van der Waals surface area contributed by atoms with Crippen molar-refractivity contribution < 1.29 is 9.72 Å². The first kappa shape index (κ1) is 15.7. The van der Waals surface area contributed by atoms with E-state index in [4.69, 9.17) is 0 Å². The zero-order valence-corrected chi connectivity index (χ0v) is 13.8. The van der Waals surface area contributed by atoms with Gasteiger partial charge in [-0.3, -0.25) is 19.6 Å². The summed E-state index contributed by atoms with van der Waals surface area (Å²) in [6, 6.07) is 7.21. The average Bonchev–Trinajstić information content (AvgIpc) is 2.75. The summed E-state index contributed by atoms with van der Waals surface area (Å²) in [5.74, 6) is 0. The minimum absolute atomic E-state index is 0.0324. The van der Waals surface area contributed by atoms with E-state index in [2.05, 4.69) is 21.0 Å². The van der Waals surface area contributed by atoms with Gasteiger partial charge >= 0.3 is 5.69 Å². The molecule has 0 aliphatic heterocycles. The highest BCUT2D eigenvalue weighted by Crippen LogP contribution is 2.31. The maximum atomic E-state index is 12.4. The summed E-state index contributed by atoms with van der Waals surface area (Å²) in [6.45, 7) is 3.72. The molecule has 0 bridgehead atoms. The number of thioether (sulfide) groups is 1. The zero-order valence-electron chi connectivity index (χ0n) is 11.4. The molecular formula is C13H12BrN3O3S. The number of halogens is 1. The van der Waals surface area contributed by atoms with E-state index in [9.17, 15) is 14.9 Å². The third-order valence-electron chi connectivity index (χ3n) is 2.78. The van der Waals surface area contributed by atoms with E-state index in [0.717, 1.165) is 16.2 Å². The number of benzene rings is 1. The van der Waals surface area contributed by atoms with Crippen LogP contribution in [-0.4, -0.2) is 19.8 Å². The Morgan fingerprint density at radius 2 is 2.24 bits per heavy atom. The van der Waals surface area contributed by atoms with Gasteiger partial charge < -0.3 is 0 Å². The summed E-state index contributed by atoms with van der Waals surface area (Å²) in [7, 11) is 0. The summed E-state index contributed by atoms with van der Waals surface area (Å²) in [4.78, 5) is 23.8. The van der Waals surface area contributed by atoms with Gasteiger partial charge in [-0.05, 0) is 43.8 Å². The van der Waals surface area contributed by atoms with Crippen LogP contribution in [0.5, 0.6) is 0 Å². The number of carbonyl (C=O) groups excluding carboxylic acids is 1. The molecule has 8 heteroatoms. The molecule has 21 heavy (non-hydrogen) atoms. The summed E-state index contributed by atoms with van der Waals surface area (Å²) in [6.07, 6.45) is 0. The van der Waals surface area contributed by atoms with Gasteiger partial charge in [-0.25, -0.2) is 0 Å². The van der Waals surface area contributed by atoms with Crippen LogP contribution in [0.25, 0.3) is 0 Å². The Kier molecular flexibility index (Phi) is 4.79.